The zero-order valence-electron chi connectivity index (χ0n) is 18.0. The van der Waals surface area contributed by atoms with Crippen molar-refractivity contribution in [1.82, 2.24) is 15.1 Å². The van der Waals surface area contributed by atoms with Gasteiger partial charge in [0.15, 0.2) is 5.69 Å². The minimum Gasteiger partial charge on any atom is -0.496 e. The first-order valence-electron chi connectivity index (χ1n) is 9.78. The molecule has 1 atom stereocenters. The van der Waals surface area contributed by atoms with E-state index in [-0.39, 0.29) is 5.69 Å². The predicted molar refractivity (Wildman–Crippen MR) is 116 cm³/mol. The number of rotatable bonds is 6. The highest BCUT2D eigenvalue weighted by Gasteiger charge is 2.32. The summed E-state index contributed by atoms with van der Waals surface area (Å²) in [5.41, 5.74) is 7.23. The lowest BCUT2D eigenvalue weighted by atomic mass is 9.86. The molecule has 1 heterocycles. The van der Waals surface area contributed by atoms with E-state index in [1.807, 2.05) is 39.0 Å². The molecule has 0 spiro atoms. The average Bonchev–Trinajstić information content (AvgIpc) is 3.09. The van der Waals surface area contributed by atoms with Gasteiger partial charge in [-0.1, -0.05) is 45.0 Å². The Kier molecular flexibility index (Phi) is 5.97. The number of nitrogens with one attached hydrogen (secondary N) is 1. The molecule has 8 nitrogen and oxygen atoms in total. The van der Waals surface area contributed by atoms with E-state index in [0.29, 0.717) is 23.2 Å². The van der Waals surface area contributed by atoms with Crippen molar-refractivity contribution >= 4 is 22.7 Å². The Bertz CT molecular complexity index is 1180. The summed E-state index contributed by atoms with van der Waals surface area (Å²) in [6.45, 7) is 5.82. The number of carbonyl (C=O) groups excluding carboxylic acids is 2. The molecule has 0 aliphatic rings. The fraction of sp³-hybridized carbons (Fsp3) is 0.304. The molecule has 0 saturated carbocycles. The van der Waals surface area contributed by atoms with Gasteiger partial charge in [0, 0.05) is 10.9 Å². The van der Waals surface area contributed by atoms with Crippen LogP contribution >= 0.6 is 0 Å². The minimum atomic E-state index is -0.845. The normalized spacial score (nSPS) is 12.2. The van der Waals surface area contributed by atoms with Gasteiger partial charge in [-0.05, 0) is 23.6 Å². The highest BCUT2D eigenvalue weighted by molar-refractivity contribution is 6.06. The summed E-state index contributed by atoms with van der Waals surface area (Å²) < 4.78 is 7.12. The number of amides is 2. The van der Waals surface area contributed by atoms with Crippen molar-refractivity contribution in [2.45, 2.75) is 33.4 Å². The number of para-hydroxylation sites is 1. The van der Waals surface area contributed by atoms with Gasteiger partial charge in [-0.15, -0.1) is 0 Å². The molecule has 0 saturated heterocycles. The van der Waals surface area contributed by atoms with Crippen LogP contribution in [0, 0.1) is 16.7 Å². The Morgan fingerprint density at radius 3 is 2.58 bits per heavy atom. The first kappa shape index (κ1) is 21.8. The molecule has 160 valence electrons. The van der Waals surface area contributed by atoms with Crippen LogP contribution in [0.3, 0.4) is 0 Å². The fourth-order valence-corrected chi connectivity index (χ4v) is 3.44. The van der Waals surface area contributed by atoms with Gasteiger partial charge in [0.1, 0.15) is 11.8 Å². The van der Waals surface area contributed by atoms with Gasteiger partial charge in [-0.2, -0.15) is 10.4 Å². The van der Waals surface area contributed by atoms with E-state index < -0.39 is 23.3 Å². The second-order valence-corrected chi connectivity index (χ2v) is 8.34. The summed E-state index contributed by atoms with van der Waals surface area (Å²) in [6.07, 6.45) is 0. The standard InChI is InChI=1S/C23H25N5O3/c1-23(2,3)20(21(25)29)26-22(30)19-16-7-5-6-8-17(16)28(27-19)13-15-10-9-14(12-24)11-18(15)31-4/h5-11,20H,13H2,1-4H3,(H2,25,29)(H,26,30). The number of nitriles is 1. The summed E-state index contributed by atoms with van der Waals surface area (Å²) in [5.74, 6) is -0.515. The third kappa shape index (κ3) is 4.51. The largest absolute Gasteiger partial charge is 0.496 e. The molecular weight excluding hydrogens is 394 g/mol. The number of carbonyl (C=O) groups is 2. The highest BCUT2D eigenvalue weighted by atomic mass is 16.5. The van der Waals surface area contributed by atoms with E-state index in [4.69, 9.17) is 15.7 Å². The van der Waals surface area contributed by atoms with E-state index in [2.05, 4.69) is 16.5 Å². The van der Waals surface area contributed by atoms with E-state index >= 15 is 0 Å². The highest BCUT2D eigenvalue weighted by Crippen LogP contribution is 2.25. The lowest BCUT2D eigenvalue weighted by Gasteiger charge is -2.28. The van der Waals surface area contributed by atoms with Crippen LogP contribution in [0.5, 0.6) is 5.75 Å². The van der Waals surface area contributed by atoms with Crippen LogP contribution in [-0.4, -0.2) is 34.7 Å². The topological polar surface area (TPSA) is 123 Å². The van der Waals surface area contributed by atoms with Crippen molar-refractivity contribution in [2.24, 2.45) is 11.1 Å². The number of hydrogen-bond acceptors (Lipinski definition) is 5. The quantitative estimate of drug-likeness (QED) is 0.636. The van der Waals surface area contributed by atoms with Crippen molar-refractivity contribution in [3.05, 3.63) is 59.3 Å². The summed E-state index contributed by atoms with van der Waals surface area (Å²) >= 11 is 0. The zero-order chi connectivity index (χ0) is 22.8. The van der Waals surface area contributed by atoms with Crippen molar-refractivity contribution in [3.63, 3.8) is 0 Å². The summed E-state index contributed by atoms with van der Waals surface area (Å²) in [4.78, 5) is 24.9. The summed E-state index contributed by atoms with van der Waals surface area (Å²) in [5, 5.41) is 17.0. The Labute approximate surface area is 180 Å². The average molecular weight is 419 g/mol. The monoisotopic (exact) mass is 419 g/mol. The molecule has 3 rings (SSSR count). The van der Waals surface area contributed by atoms with Crippen molar-refractivity contribution < 1.29 is 14.3 Å². The van der Waals surface area contributed by atoms with E-state index in [1.54, 1.807) is 28.9 Å². The predicted octanol–water partition coefficient (Wildman–Crippen LogP) is 2.59. The van der Waals surface area contributed by atoms with Crippen LogP contribution in [0.4, 0.5) is 0 Å². The van der Waals surface area contributed by atoms with E-state index in [1.165, 1.54) is 7.11 Å². The number of primary amides is 1. The number of nitrogens with two attached hydrogens (primary N) is 1. The van der Waals surface area contributed by atoms with Gasteiger partial charge < -0.3 is 15.8 Å². The maximum Gasteiger partial charge on any atom is 0.273 e. The molecule has 0 radical (unpaired) electrons. The number of hydrogen-bond donors (Lipinski definition) is 2. The molecule has 0 fully saturated rings. The number of benzene rings is 2. The van der Waals surface area contributed by atoms with Gasteiger partial charge in [-0.3, -0.25) is 14.3 Å². The first-order chi connectivity index (χ1) is 14.7. The maximum atomic E-state index is 13.0. The Morgan fingerprint density at radius 2 is 1.97 bits per heavy atom. The third-order valence-electron chi connectivity index (χ3n) is 5.04. The third-order valence-corrected chi connectivity index (χ3v) is 5.04. The smallest absolute Gasteiger partial charge is 0.273 e. The van der Waals surface area contributed by atoms with Crippen molar-refractivity contribution in [2.75, 3.05) is 7.11 Å². The molecule has 1 aromatic heterocycles. The Morgan fingerprint density at radius 1 is 1.26 bits per heavy atom. The second kappa shape index (κ2) is 8.48. The van der Waals surface area contributed by atoms with Gasteiger partial charge in [0.25, 0.3) is 5.91 Å². The SMILES string of the molecule is COc1cc(C#N)ccc1Cn1nc(C(=O)NC(C(N)=O)C(C)(C)C)c2ccccc21. The van der Waals surface area contributed by atoms with Gasteiger partial charge in [0.2, 0.25) is 5.91 Å². The molecule has 31 heavy (non-hydrogen) atoms. The molecule has 0 aliphatic carbocycles. The van der Waals surface area contributed by atoms with Crippen LogP contribution in [0.2, 0.25) is 0 Å². The van der Waals surface area contributed by atoms with Crippen LogP contribution in [0.1, 0.15) is 42.4 Å². The van der Waals surface area contributed by atoms with Crippen molar-refractivity contribution in [1.29, 1.82) is 5.26 Å². The molecular formula is C23H25N5O3. The number of aromatic nitrogens is 2. The Hall–Kier alpha value is -3.86. The van der Waals surface area contributed by atoms with E-state index in [9.17, 15) is 9.59 Å². The molecule has 3 aromatic rings. The molecule has 1 unspecified atom stereocenters. The molecule has 8 heteroatoms. The number of fused-ring (bicyclic) bond motifs is 1. The lowest BCUT2D eigenvalue weighted by Crippen LogP contribution is -2.52. The van der Waals surface area contributed by atoms with Gasteiger partial charge in [0.05, 0.1) is 30.8 Å². The van der Waals surface area contributed by atoms with Crippen molar-refractivity contribution in [3.8, 4) is 11.8 Å². The fourth-order valence-electron chi connectivity index (χ4n) is 3.44. The van der Waals surface area contributed by atoms with E-state index in [0.717, 1.165) is 11.1 Å². The van der Waals surface area contributed by atoms with Crippen LogP contribution in [0.15, 0.2) is 42.5 Å². The van der Waals surface area contributed by atoms with Crippen LogP contribution in [-0.2, 0) is 11.3 Å². The zero-order valence-corrected chi connectivity index (χ0v) is 18.0. The number of methoxy groups -OCH3 is 1. The molecule has 2 amide bonds. The Balaban J connectivity index is 2.01. The first-order valence-corrected chi connectivity index (χ1v) is 9.78. The molecule has 2 aromatic carbocycles. The minimum absolute atomic E-state index is 0.207. The number of ether oxygens (including phenoxy) is 1. The lowest BCUT2D eigenvalue weighted by molar-refractivity contribution is -0.122. The van der Waals surface area contributed by atoms with Gasteiger partial charge >= 0.3 is 0 Å². The molecule has 3 N–H and O–H groups in total. The summed E-state index contributed by atoms with van der Waals surface area (Å²) in [6, 6.07) is 13.8. The maximum absolute atomic E-state index is 13.0. The summed E-state index contributed by atoms with van der Waals surface area (Å²) in [7, 11) is 1.54. The van der Waals surface area contributed by atoms with Crippen LogP contribution in [0.25, 0.3) is 10.9 Å². The van der Waals surface area contributed by atoms with Gasteiger partial charge in [-0.25, -0.2) is 0 Å². The molecule has 0 bridgehead atoms. The second-order valence-electron chi connectivity index (χ2n) is 8.34. The molecule has 0 aliphatic heterocycles. The number of nitrogens with zero attached hydrogens (tertiary/aromatic N) is 3. The van der Waals surface area contributed by atoms with Crippen LogP contribution < -0.4 is 15.8 Å².